The first-order chi connectivity index (χ1) is 16.2. The molecule has 7 nitrogen and oxygen atoms in total. The number of hydrogen-bond acceptors (Lipinski definition) is 5. The summed E-state index contributed by atoms with van der Waals surface area (Å²) in [5.74, 6) is -0.204. The van der Waals surface area contributed by atoms with Gasteiger partial charge in [0.2, 0.25) is 0 Å². The van der Waals surface area contributed by atoms with Crippen molar-refractivity contribution < 1.29 is 23.8 Å². The van der Waals surface area contributed by atoms with Gasteiger partial charge in [-0.2, -0.15) is 0 Å². The SMILES string of the molecule is [C-]#[N+]c1cccc(-c2cc(COCC3CCCN(C(=O)OC(C)(C)C)C3)cc(C(=O)OC)c2)c1. The Morgan fingerprint density at radius 2 is 1.94 bits per heavy atom. The van der Waals surface area contributed by atoms with E-state index in [1.165, 1.54) is 7.11 Å². The Labute approximate surface area is 201 Å². The number of amides is 1. The van der Waals surface area contributed by atoms with E-state index >= 15 is 0 Å². The molecular formula is C27H32N2O5. The molecule has 0 saturated carbocycles. The van der Waals surface area contributed by atoms with Crippen LogP contribution in [-0.2, 0) is 20.8 Å². The Kier molecular flexibility index (Phi) is 8.30. The quantitative estimate of drug-likeness (QED) is 0.396. The van der Waals surface area contributed by atoms with E-state index in [4.69, 9.17) is 20.8 Å². The summed E-state index contributed by atoms with van der Waals surface area (Å²) in [7, 11) is 1.35. The third-order valence-electron chi connectivity index (χ3n) is 5.52. The van der Waals surface area contributed by atoms with Gasteiger partial charge in [0.05, 0.1) is 32.5 Å². The number of carbonyl (C=O) groups is 2. The van der Waals surface area contributed by atoms with E-state index in [0.29, 0.717) is 37.6 Å². The molecular weight excluding hydrogens is 432 g/mol. The van der Waals surface area contributed by atoms with Crippen LogP contribution in [0.15, 0.2) is 42.5 Å². The maximum Gasteiger partial charge on any atom is 0.410 e. The molecule has 1 saturated heterocycles. The minimum Gasteiger partial charge on any atom is -0.465 e. The normalized spacial score (nSPS) is 16.0. The number of benzene rings is 2. The van der Waals surface area contributed by atoms with Crippen LogP contribution >= 0.6 is 0 Å². The highest BCUT2D eigenvalue weighted by Gasteiger charge is 2.27. The summed E-state index contributed by atoms with van der Waals surface area (Å²) in [4.78, 5) is 29.9. The van der Waals surface area contributed by atoms with Crippen LogP contribution in [0.1, 0.15) is 49.5 Å². The molecule has 0 aromatic heterocycles. The van der Waals surface area contributed by atoms with Gasteiger partial charge in [-0.25, -0.2) is 14.4 Å². The van der Waals surface area contributed by atoms with E-state index in [9.17, 15) is 9.59 Å². The Balaban J connectivity index is 1.67. The van der Waals surface area contributed by atoms with Crippen molar-refractivity contribution in [3.8, 4) is 11.1 Å². The van der Waals surface area contributed by atoms with Gasteiger partial charge in [-0.1, -0.05) is 18.2 Å². The molecule has 180 valence electrons. The zero-order valence-corrected chi connectivity index (χ0v) is 20.3. The monoisotopic (exact) mass is 464 g/mol. The molecule has 7 heteroatoms. The van der Waals surface area contributed by atoms with E-state index in [1.54, 1.807) is 29.2 Å². The Morgan fingerprint density at radius 3 is 2.65 bits per heavy atom. The van der Waals surface area contributed by atoms with E-state index < -0.39 is 11.6 Å². The van der Waals surface area contributed by atoms with Gasteiger partial charge in [0.15, 0.2) is 5.69 Å². The molecule has 2 aromatic rings. The first-order valence-corrected chi connectivity index (χ1v) is 11.4. The molecule has 2 aromatic carbocycles. The zero-order chi connectivity index (χ0) is 24.7. The number of nitrogens with zero attached hydrogens (tertiary/aromatic N) is 2. The number of rotatable bonds is 6. The maximum absolute atomic E-state index is 12.4. The number of methoxy groups -OCH3 is 1. The highest BCUT2D eigenvalue weighted by atomic mass is 16.6. The summed E-state index contributed by atoms with van der Waals surface area (Å²) in [6.45, 7) is 15.0. The van der Waals surface area contributed by atoms with Gasteiger partial charge in [0, 0.05) is 19.0 Å². The standard InChI is InChI=1S/C27H32N2O5/c1-27(2,3)34-26(31)29-11-7-8-19(16-29)17-33-18-20-12-22(14-23(13-20)25(30)32-5)21-9-6-10-24(15-21)28-4/h6,9-10,12-15,19H,7-8,11,16-18H2,1-3,5H3. The highest BCUT2D eigenvalue weighted by Crippen LogP contribution is 2.27. The summed E-state index contributed by atoms with van der Waals surface area (Å²) in [5, 5.41) is 0. The number of piperidine rings is 1. The predicted octanol–water partition coefficient (Wildman–Crippen LogP) is 5.85. The Morgan fingerprint density at radius 1 is 1.15 bits per heavy atom. The molecule has 1 amide bonds. The molecule has 1 aliphatic rings. The minimum atomic E-state index is -0.517. The van der Waals surface area contributed by atoms with Gasteiger partial charge < -0.3 is 19.1 Å². The van der Waals surface area contributed by atoms with Crippen LogP contribution in [0.5, 0.6) is 0 Å². The van der Waals surface area contributed by atoms with Crippen molar-refractivity contribution in [1.29, 1.82) is 0 Å². The molecule has 0 bridgehead atoms. The summed E-state index contributed by atoms with van der Waals surface area (Å²) >= 11 is 0. The number of hydrogen-bond donors (Lipinski definition) is 0. The van der Waals surface area contributed by atoms with E-state index in [0.717, 1.165) is 29.5 Å². The van der Waals surface area contributed by atoms with Crippen molar-refractivity contribution in [2.24, 2.45) is 5.92 Å². The molecule has 1 unspecified atom stereocenters. The number of ether oxygens (including phenoxy) is 3. The van der Waals surface area contributed by atoms with Gasteiger partial charge in [-0.05, 0) is 74.6 Å². The molecule has 0 radical (unpaired) electrons. The number of likely N-dealkylation sites (tertiary alicyclic amines) is 1. The first kappa shape index (κ1) is 25.3. The lowest BCUT2D eigenvalue weighted by atomic mass is 9.98. The van der Waals surface area contributed by atoms with Gasteiger partial charge in [-0.15, -0.1) is 0 Å². The lowest BCUT2D eigenvalue weighted by Crippen LogP contribution is -2.43. The third kappa shape index (κ3) is 7.06. The molecule has 1 atom stereocenters. The molecule has 0 spiro atoms. The molecule has 1 aliphatic heterocycles. The largest absolute Gasteiger partial charge is 0.465 e. The molecule has 0 N–H and O–H groups in total. The average Bonchev–Trinajstić information content (AvgIpc) is 2.82. The Hall–Kier alpha value is -3.37. The van der Waals surface area contributed by atoms with Crippen molar-refractivity contribution in [1.82, 2.24) is 4.90 Å². The first-order valence-electron chi connectivity index (χ1n) is 11.4. The van der Waals surface area contributed by atoms with E-state index in [1.807, 2.05) is 39.0 Å². The lowest BCUT2D eigenvalue weighted by molar-refractivity contribution is 0.00592. The van der Waals surface area contributed by atoms with Gasteiger partial charge >= 0.3 is 12.1 Å². The Bertz CT molecular complexity index is 1070. The summed E-state index contributed by atoms with van der Waals surface area (Å²) < 4.78 is 16.4. The van der Waals surface area contributed by atoms with Crippen LogP contribution in [0.3, 0.4) is 0 Å². The molecule has 0 aliphatic carbocycles. The van der Waals surface area contributed by atoms with Crippen molar-refractivity contribution in [2.75, 3.05) is 26.8 Å². The molecule has 3 rings (SSSR count). The lowest BCUT2D eigenvalue weighted by Gasteiger charge is -2.34. The summed E-state index contributed by atoms with van der Waals surface area (Å²) in [6.07, 6.45) is 1.61. The van der Waals surface area contributed by atoms with Gasteiger partial charge in [0.25, 0.3) is 0 Å². The minimum absolute atomic E-state index is 0.222. The van der Waals surface area contributed by atoms with Crippen LogP contribution in [-0.4, -0.2) is 49.4 Å². The highest BCUT2D eigenvalue weighted by molar-refractivity contribution is 5.91. The average molecular weight is 465 g/mol. The smallest absolute Gasteiger partial charge is 0.410 e. The number of carbonyl (C=O) groups excluding carboxylic acids is 2. The van der Waals surface area contributed by atoms with E-state index in [2.05, 4.69) is 4.85 Å². The molecule has 1 heterocycles. The van der Waals surface area contributed by atoms with Crippen LogP contribution in [0.25, 0.3) is 16.0 Å². The van der Waals surface area contributed by atoms with Gasteiger partial charge in [0.1, 0.15) is 5.60 Å². The fourth-order valence-corrected chi connectivity index (χ4v) is 3.97. The van der Waals surface area contributed by atoms with Gasteiger partial charge in [-0.3, -0.25) is 0 Å². The van der Waals surface area contributed by atoms with Crippen molar-refractivity contribution in [3.05, 3.63) is 65.0 Å². The summed E-state index contributed by atoms with van der Waals surface area (Å²) in [6, 6.07) is 12.8. The topological polar surface area (TPSA) is 69.4 Å². The molecule has 34 heavy (non-hydrogen) atoms. The fourth-order valence-electron chi connectivity index (χ4n) is 3.97. The second-order valence-electron chi connectivity index (χ2n) is 9.52. The summed E-state index contributed by atoms with van der Waals surface area (Å²) in [5.41, 5.74) is 2.95. The second-order valence-corrected chi connectivity index (χ2v) is 9.52. The second kappa shape index (κ2) is 11.2. The van der Waals surface area contributed by atoms with Crippen molar-refractivity contribution >= 4 is 17.7 Å². The predicted molar refractivity (Wildman–Crippen MR) is 130 cm³/mol. The van der Waals surface area contributed by atoms with Crippen LogP contribution in [0.4, 0.5) is 10.5 Å². The van der Waals surface area contributed by atoms with Crippen molar-refractivity contribution in [2.45, 2.75) is 45.8 Å². The van der Waals surface area contributed by atoms with E-state index in [-0.39, 0.29) is 12.0 Å². The number of esters is 1. The maximum atomic E-state index is 12.4. The molecule has 1 fully saturated rings. The third-order valence-corrected chi connectivity index (χ3v) is 5.52. The van der Waals surface area contributed by atoms with Crippen LogP contribution in [0.2, 0.25) is 0 Å². The van der Waals surface area contributed by atoms with Crippen LogP contribution in [0, 0.1) is 12.5 Å². The fraction of sp³-hybridized carbons (Fsp3) is 0.444. The van der Waals surface area contributed by atoms with Crippen LogP contribution < -0.4 is 0 Å². The zero-order valence-electron chi connectivity index (χ0n) is 20.3. The van der Waals surface area contributed by atoms with Crippen molar-refractivity contribution in [3.63, 3.8) is 0 Å².